The molecule has 4 aromatic rings. The summed E-state index contributed by atoms with van der Waals surface area (Å²) in [4.78, 5) is 16.8. The van der Waals surface area contributed by atoms with Gasteiger partial charge in [-0.1, -0.05) is 31.2 Å². The first-order valence-corrected chi connectivity index (χ1v) is 10.2. The van der Waals surface area contributed by atoms with Crippen LogP contribution in [0.15, 0.2) is 66.7 Å². The first kappa shape index (κ1) is 17.0. The molecule has 0 saturated carbocycles. The molecule has 4 heteroatoms. The van der Waals surface area contributed by atoms with E-state index in [-0.39, 0.29) is 0 Å². The van der Waals surface area contributed by atoms with Crippen LogP contribution in [0.3, 0.4) is 0 Å². The average Bonchev–Trinajstić information content (AvgIpc) is 3.52. The van der Waals surface area contributed by atoms with Crippen LogP contribution in [0.5, 0.6) is 0 Å². The van der Waals surface area contributed by atoms with Gasteiger partial charge in [-0.2, -0.15) is 0 Å². The van der Waals surface area contributed by atoms with Crippen LogP contribution in [0.2, 0.25) is 0 Å². The Morgan fingerprint density at radius 3 is 2.13 bits per heavy atom. The van der Waals surface area contributed by atoms with E-state index >= 15 is 0 Å². The molecule has 2 N–H and O–H groups in total. The fraction of sp³-hybridized carbons (Fsp3) is 0.0769. The average molecular weight is 388 g/mol. The summed E-state index contributed by atoms with van der Waals surface area (Å²) < 4.78 is 0. The Hall–Kier alpha value is -3.92. The molecule has 6 rings (SSSR count). The molecule has 0 spiro atoms. The molecule has 0 amide bonds. The largest absolute Gasteiger partial charge is 0.355 e. The smallest absolute Gasteiger partial charge is 0.0737 e. The number of rotatable bonds is 1. The topological polar surface area (TPSA) is 57.4 Å². The molecule has 0 atom stereocenters. The molecule has 2 aliphatic rings. The van der Waals surface area contributed by atoms with E-state index in [0.29, 0.717) is 0 Å². The third-order valence-electron chi connectivity index (χ3n) is 5.65. The summed E-state index contributed by atoms with van der Waals surface area (Å²) in [5.41, 5.74) is 11.6. The number of aromatic nitrogens is 4. The lowest BCUT2D eigenvalue weighted by atomic mass is 10.0. The van der Waals surface area contributed by atoms with Crippen molar-refractivity contribution in [2.75, 3.05) is 0 Å². The van der Waals surface area contributed by atoms with E-state index in [9.17, 15) is 0 Å². The molecule has 3 aromatic heterocycles. The summed E-state index contributed by atoms with van der Waals surface area (Å²) in [6, 6.07) is 23.2. The summed E-state index contributed by atoms with van der Waals surface area (Å²) >= 11 is 0. The molecule has 0 radical (unpaired) electrons. The summed E-state index contributed by atoms with van der Waals surface area (Å²) in [5.74, 6) is 0. The minimum Gasteiger partial charge on any atom is -0.355 e. The van der Waals surface area contributed by atoms with E-state index < -0.39 is 0 Å². The number of fused-ring (bicyclic) bond motifs is 11. The Morgan fingerprint density at radius 1 is 0.667 bits per heavy atom. The van der Waals surface area contributed by atoms with Gasteiger partial charge in [0.2, 0.25) is 0 Å². The Kier molecular flexibility index (Phi) is 3.71. The van der Waals surface area contributed by atoms with Crippen molar-refractivity contribution >= 4 is 34.2 Å². The normalized spacial score (nSPS) is 12.2. The summed E-state index contributed by atoms with van der Waals surface area (Å²) in [6.07, 6.45) is 5.04. The molecule has 0 fully saturated rings. The second-order valence-corrected chi connectivity index (χ2v) is 7.69. The highest BCUT2D eigenvalue weighted by Gasteiger charge is 2.16. The van der Waals surface area contributed by atoms with Gasteiger partial charge >= 0.3 is 0 Å². The van der Waals surface area contributed by atoms with Crippen molar-refractivity contribution in [1.29, 1.82) is 0 Å². The van der Waals surface area contributed by atoms with Gasteiger partial charge in [-0.3, -0.25) is 0 Å². The van der Waals surface area contributed by atoms with Crippen molar-refractivity contribution in [3.8, 4) is 22.5 Å². The summed E-state index contributed by atoms with van der Waals surface area (Å²) in [7, 11) is 0. The number of hydrogen-bond donors (Lipinski definition) is 2. The highest BCUT2D eigenvalue weighted by molar-refractivity contribution is 5.87. The van der Waals surface area contributed by atoms with Crippen LogP contribution in [0, 0.1) is 0 Å². The highest BCUT2D eigenvalue weighted by Crippen LogP contribution is 2.35. The van der Waals surface area contributed by atoms with Crippen LogP contribution >= 0.6 is 0 Å². The molecule has 1 aromatic carbocycles. The van der Waals surface area contributed by atoms with Gasteiger partial charge in [0.25, 0.3) is 0 Å². The predicted molar refractivity (Wildman–Crippen MR) is 124 cm³/mol. The highest BCUT2D eigenvalue weighted by atomic mass is 14.8. The number of nitrogens with one attached hydrogen (secondary N) is 2. The van der Waals surface area contributed by atoms with Crippen molar-refractivity contribution in [3.63, 3.8) is 0 Å². The summed E-state index contributed by atoms with van der Waals surface area (Å²) in [6.45, 7) is 2.18. The second-order valence-electron chi connectivity index (χ2n) is 7.69. The fourth-order valence-electron chi connectivity index (χ4n) is 4.19. The van der Waals surface area contributed by atoms with E-state index in [1.807, 2.05) is 12.2 Å². The molecule has 0 unspecified atom stereocenters. The second kappa shape index (κ2) is 6.56. The Balaban J connectivity index is 1.74. The number of H-pyrrole nitrogens is 2. The lowest BCUT2D eigenvalue weighted by Crippen LogP contribution is -1.77. The third-order valence-corrected chi connectivity index (χ3v) is 5.65. The Labute approximate surface area is 174 Å². The molecular formula is C26H20N4. The molecule has 30 heavy (non-hydrogen) atoms. The van der Waals surface area contributed by atoms with Crippen molar-refractivity contribution in [2.24, 2.45) is 0 Å². The molecule has 0 aliphatic carbocycles. The maximum absolute atomic E-state index is 4.96. The number of aryl methyl sites for hydroxylation is 1. The van der Waals surface area contributed by atoms with Gasteiger partial charge in [0, 0.05) is 33.2 Å². The number of aromatic amines is 2. The number of nitrogens with zero attached hydrogens (tertiary/aromatic N) is 2. The zero-order valence-electron chi connectivity index (χ0n) is 16.6. The van der Waals surface area contributed by atoms with E-state index in [1.54, 1.807) is 0 Å². The molecule has 8 bridgehead atoms. The zero-order chi connectivity index (χ0) is 20.1. The first-order valence-electron chi connectivity index (χ1n) is 10.2. The Bertz CT molecular complexity index is 1480. The van der Waals surface area contributed by atoms with Crippen molar-refractivity contribution in [2.45, 2.75) is 13.3 Å². The molecule has 5 heterocycles. The van der Waals surface area contributed by atoms with Gasteiger partial charge in [0.05, 0.1) is 22.8 Å². The van der Waals surface area contributed by atoms with Gasteiger partial charge in [0.1, 0.15) is 0 Å². The van der Waals surface area contributed by atoms with Gasteiger partial charge in [0.15, 0.2) is 0 Å². The van der Waals surface area contributed by atoms with E-state index in [1.165, 1.54) is 5.56 Å². The monoisotopic (exact) mass is 388 g/mol. The maximum atomic E-state index is 4.96. The lowest BCUT2D eigenvalue weighted by Gasteiger charge is -1.97. The van der Waals surface area contributed by atoms with Gasteiger partial charge < -0.3 is 9.97 Å². The first-order chi connectivity index (χ1) is 14.7. The van der Waals surface area contributed by atoms with Gasteiger partial charge in [-0.25, -0.2) is 9.97 Å². The quantitative estimate of drug-likeness (QED) is 0.343. The van der Waals surface area contributed by atoms with Crippen LogP contribution in [-0.2, 0) is 6.42 Å². The van der Waals surface area contributed by atoms with Crippen LogP contribution in [0.25, 0.3) is 56.7 Å². The molecule has 144 valence electrons. The van der Waals surface area contributed by atoms with E-state index in [2.05, 4.69) is 83.6 Å². The lowest BCUT2D eigenvalue weighted by molar-refractivity contribution is 1.16. The molecule has 2 aliphatic heterocycles. The maximum Gasteiger partial charge on any atom is 0.0737 e. The molecular weight excluding hydrogens is 368 g/mol. The SMILES string of the molecule is CCc1cc2cc3nc(cc4nc(cc5ccc(cc1[nH]2)[nH]5)C=C4)-c1ccccc1-3. The van der Waals surface area contributed by atoms with Gasteiger partial charge in [-0.05, 0) is 66.6 Å². The minimum absolute atomic E-state index is 0.914. The number of benzene rings is 1. The van der Waals surface area contributed by atoms with Crippen LogP contribution in [0.1, 0.15) is 23.9 Å². The van der Waals surface area contributed by atoms with Crippen molar-refractivity contribution in [3.05, 3.63) is 83.7 Å². The number of hydrogen-bond acceptors (Lipinski definition) is 2. The van der Waals surface area contributed by atoms with Crippen LogP contribution < -0.4 is 0 Å². The van der Waals surface area contributed by atoms with E-state index in [4.69, 9.17) is 9.97 Å². The molecule has 4 nitrogen and oxygen atoms in total. The molecule has 0 saturated heterocycles. The van der Waals surface area contributed by atoms with E-state index in [0.717, 1.165) is 62.4 Å². The zero-order valence-corrected chi connectivity index (χ0v) is 16.6. The predicted octanol–water partition coefficient (Wildman–Crippen LogP) is 6.38. The van der Waals surface area contributed by atoms with Crippen molar-refractivity contribution < 1.29 is 0 Å². The third kappa shape index (κ3) is 2.85. The fourth-order valence-corrected chi connectivity index (χ4v) is 4.19. The Morgan fingerprint density at radius 2 is 1.37 bits per heavy atom. The summed E-state index contributed by atoms with van der Waals surface area (Å²) in [5, 5.41) is 0. The van der Waals surface area contributed by atoms with Gasteiger partial charge in [-0.15, -0.1) is 0 Å². The standard InChI is InChI=1S/C26H20N4/c1-2-16-11-21-15-26-23-6-4-3-5-22(23)25(30-26)14-20-10-8-18(28-20)12-17-7-9-19(27-17)13-24(16)29-21/h3-15,27,29H,2H2,1H3. The minimum atomic E-state index is 0.914. The van der Waals surface area contributed by atoms with Crippen LogP contribution in [-0.4, -0.2) is 19.9 Å². The van der Waals surface area contributed by atoms with Crippen molar-refractivity contribution in [1.82, 2.24) is 19.9 Å². The van der Waals surface area contributed by atoms with Crippen LogP contribution in [0.4, 0.5) is 0 Å².